The third kappa shape index (κ3) is 1.39. The maximum Gasteiger partial charge on any atom is 0.238 e. The predicted octanol–water partition coefficient (Wildman–Crippen LogP) is 2.44. The molecule has 0 bridgehead atoms. The number of imide groups is 1. The van der Waals surface area contributed by atoms with Crippen molar-refractivity contribution in [1.82, 2.24) is 0 Å². The lowest BCUT2D eigenvalue weighted by Gasteiger charge is -2.20. The van der Waals surface area contributed by atoms with Crippen LogP contribution in [0.4, 0.5) is 5.69 Å². The van der Waals surface area contributed by atoms with E-state index < -0.39 is 0 Å². The van der Waals surface area contributed by atoms with E-state index in [4.69, 9.17) is 0 Å². The Morgan fingerprint density at radius 1 is 1.18 bits per heavy atom. The molecule has 2 atom stereocenters. The monoisotopic (exact) mass is 341 g/mol. The van der Waals surface area contributed by atoms with Crippen molar-refractivity contribution in [3.63, 3.8) is 0 Å². The molecular weight excluding hydrogens is 329 g/mol. The van der Waals surface area contributed by atoms with E-state index in [0.29, 0.717) is 5.69 Å². The Kier molecular flexibility index (Phi) is 2.18. The van der Waals surface area contributed by atoms with Crippen LogP contribution in [0.5, 0.6) is 0 Å². The molecule has 1 saturated heterocycles. The van der Waals surface area contributed by atoms with Crippen molar-refractivity contribution in [2.24, 2.45) is 17.3 Å². The number of rotatable bonds is 1. The molecule has 3 rings (SSSR count). The lowest BCUT2D eigenvalue weighted by Crippen LogP contribution is -2.36. The van der Waals surface area contributed by atoms with Crippen LogP contribution in [0, 0.1) is 20.8 Å². The Morgan fingerprint density at radius 3 is 2.29 bits per heavy atom. The first-order valence-corrected chi connectivity index (χ1v) is 6.66. The van der Waals surface area contributed by atoms with Crippen LogP contribution < -0.4 is 4.90 Å². The normalized spacial score (nSPS) is 29.5. The van der Waals surface area contributed by atoms with Gasteiger partial charge in [0.1, 0.15) is 0 Å². The van der Waals surface area contributed by atoms with Gasteiger partial charge < -0.3 is 0 Å². The van der Waals surface area contributed by atoms with Crippen molar-refractivity contribution in [1.29, 1.82) is 0 Å². The van der Waals surface area contributed by atoms with E-state index >= 15 is 0 Å². The van der Waals surface area contributed by atoms with Gasteiger partial charge in [-0.15, -0.1) is 0 Å². The van der Waals surface area contributed by atoms with Gasteiger partial charge in [-0.1, -0.05) is 19.9 Å². The summed E-state index contributed by atoms with van der Waals surface area (Å²) in [5.74, 6) is -0.278. The zero-order chi connectivity index (χ0) is 12.4. The first kappa shape index (κ1) is 11.2. The Morgan fingerprint density at radius 2 is 1.76 bits per heavy atom. The van der Waals surface area contributed by atoms with Gasteiger partial charge >= 0.3 is 0 Å². The van der Waals surface area contributed by atoms with Gasteiger partial charge in [0.05, 0.1) is 17.5 Å². The first-order valence-electron chi connectivity index (χ1n) is 5.58. The largest absolute Gasteiger partial charge is 0.274 e. The van der Waals surface area contributed by atoms with Gasteiger partial charge in [0.15, 0.2) is 0 Å². The second kappa shape index (κ2) is 3.31. The number of hydrogen-bond donors (Lipinski definition) is 0. The number of anilines is 1. The molecule has 2 unspecified atom stereocenters. The van der Waals surface area contributed by atoms with Gasteiger partial charge in [-0.25, -0.2) is 4.90 Å². The SMILES string of the molecule is CC1(C)C2C(=O)N(c3cccc(I)c3)C(=O)C21. The van der Waals surface area contributed by atoms with Gasteiger partial charge in [-0.2, -0.15) is 0 Å². The highest BCUT2D eigenvalue weighted by molar-refractivity contribution is 14.1. The van der Waals surface area contributed by atoms with Crippen LogP contribution in [0.25, 0.3) is 0 Å². The number of carbonyl (C=O) groups excluding carboxylic acids is 2. The maximum absolute atomic E-state index is 12.2. The summed E-state index contributed by atoms with van der Waals surface area (Å²) in [5.41, 5.74) is 0.571. The molecule has 1 saturated carbocycles. The number of nitrogens with zero attached hydrogens (tertiary/aromatic N) is 1. The smallest absolute Gasteiger partial charge is 0.238 e. The molecule has 0 aromatic heterocycles. The first-order chi connectivity index (χ1) is 7.94. The minimum atomic E-state index is -0.132. The van der Waals surface area contributed by atoms with Crippen molar-refractivity contribution in [2.75, 3.05) is 4.90 Å². The maximum atomic E-state index is 12.2. The van der Waals surface area contributed by atoms with Crippen molar-refractivity contribution in [3.05, 3.63) is 27.8 Å². The molecule has 4 heteroatoms. The molecule has 1 aliphatic carbocycles. The van der Waals surface area contributed by atoms with Gasteiger partial charge in [-0.3, -0.25) is 9.59 Å². The molecule has 88 valence electrons. The number of fused-ring (bicyclic) bond motifs is 1. The Bertz CT molecular complexity index is 514. The Labute approximate surface area is 113 Å². The van der Waals surface area contributed by atoms with Crippen LogP contribution in [-0.2, 0) is 9.59 Å². The predicted molar refractivity (Wildman–Crippen MR) is 72.4 cm³/mol. The van der Waals surface area contributed by atoms with Crippen LogP contribution in [0.15, 0.2) is 24.3 Å². The third-order valence-electron chi connectivity index (χ3n) is 3.87. The summed E-state index contributed by atoms with van der Waals surface area (Å²) in [5, 5.41) is 0. The lowest BCUT2D eigenvalue weighted by molar-refractivity contribution is -0.125. The number of carbonyl (C=O) groups is 2. The second-order valence-corrected chi connectivity index (χ2v) is 6.51. The topological polar surface area (TPSA) is 37.4 Å². The molecule has 0 radical (unpaired) electrons. The molecular formula is C13H12INO2. The van der Waals surface area contributed by atoms with Crippen molar-refractivity contribution in [2.45, 2.75) is 13.8 Å². The van der Waals surface area contributed by atoms with Crippen LogP contribution >= 0.6 is 22.6 Å². The minimum Gasteiger partial charge on any atom is -0.274 e. The molecule has 0 N–H and O–H groups in total. The van der Waals surface area contributed by atoms with Crippen molar-refractivity contribution in [3.8, 4) is 0 Å². The van der Waals surface area contributed by atoms with Crippen molar-refractivity contribution >= 4 is 40.1 Å². The van der Waals surface area contributed by atoms with E-state index in [1.165, 1.54) is 4.90 Å². The fourth-order valence-corrected chi connectivity index (χ4v) is 3.34. The summed E-state index contributed by atoms with van der Waals surface area (Å²) in [7, 11) is 0. The molecule has 0 spiro atoms. The van der Waals surface area contributed by atoms with Crippen molar-refractivity contribution < 1.29 is 9.59 Å². The van der Waals surface area contributed by atoms with E-state index in [1.807, 2.05) is 38.1 Å². The summed E-state index contributed by atoms with van der Waals surface area (Å²) in [6.45, 7) is 3.98. The molecule has 1 heterocycles. The molecule has 1 aromatic rings. The minimum absolute atomic E-state index is 0.0352. The molecule has 2 aliphatic rings. The van der Waals surface area contributed by atoms with E-state index in [1.54, 1.807) is 0 Å². The summed E-state index contributed by atoms with van der Waals surface area (Å²) in [6, 6.07) is 7.50. The fourth-order valence-electron chi connectivity index (χ4n) is 2.82. The second-order valence-electron chi connectivity index (χ2n) is 5.27. The van der Waals surface area contributed by atoms with Gasteiger partial charge in [-0.05, 0) is 46.2 Å². The van der Waals surface area contributed by atoms with E-state index in [0.717, 1.165) is 3.57 Å². The zero-order valence-corrected chi connectivity index (χ0v) is 11.8. The lowest BCUT2D eigenvalue weighted by atomic mass is 10.1. The average molecular weight is 341 g/mol. The molecule has 1 aliphatic heterocycles. The number of halogens is 1. The van der Waals surface area contributed by atoms with Crippen LogP contribution in [0.3, 0.4) is 0 Å². The van der Waals surface area contributed by atoms with Gasteiger partial charge in [0, 0.05) is 3.57 Å². The van der Waals surface area contributed by atoms with Gasteiger partial charge in [0.2, 0.25) is 11.8 Å². The molecule has 17 heavy (non-hydrogen) atoms. The number of piperidine rings is 1. The zero-order valence-electron chi connectivity index (χ0n) is 9.61. The average Bonchev–Trinajstić information content (AvgIpc) is 2.68. The number of amides is 2. The number of benzene rings is 1. The molecule has 3 nitrogen and oxygen atoms in total. The quantitative estimate of drug-likeness (QED) is 0.581. The van der Waals surface area contributed by atoms with Crippen LogP contribution in [-0.4, -0.2) is 11.8 Å². The molecule has 1 aromatic carbocycles. The standard InChI is InChI=1S/C13H12INO2/c1-13(2)9-10(13)12(17)15(11(9)16)8-5-3-4-7(14)6-8/h3-6,9-10H,1-2H3. The third-order valence-corrected chi connectivity index (χ3v) is 4.54. The Balaban J connectivity index is 1.98. The number of hydrogen-bond acceptors (Lipinski definition) is 2. The summed E-state index contributed by atoms with van der Waals surface area (Å²) < 4.78 is 1.03. The molecule has 2 fully saturated rings. The van der Waals surface area contributed by atoms with Crippen LogP contribution in [0.1, 0.15) is 13.8 Å². The van der Waals surface area contributed by atoms with E-state index in [9.17, 15) is 9.59 Å². The highest BCUT2D eigenvalue weighted by Crippen LogP contribution is 2.63. The van der Waals surface area contributed by atoms with E-state index in [2.05, 4.69) is 22.6 Å². The summed E-state index contributed by atoms with van der Waals surface area (Å²) in [4.78, 5) is 25.7. The van der Waals surface area contributed by atoms with Gasteiger partial charge in [0.25, 0.3) is 0 Å². The van der Waals surface area contributed by atoms with E-state index in [-0.39, 0.29) is 29.1 Å². The van der Waals surface area contributed by atoms with Crippen LogP contribution in [0.2, 0.25) is 0 Å². The fraction of sp³-hybridized carbons (Fsp3) is 0.385. The highest BCUT2D eigenvalue weighted by Gasteiger charge is 2.72. The molecule has 2 amide bonds. The highest BCUT2D eigenvalue weighted by atomic mass is 127. The Hall–Kier alpha value is -0.910. The summed E-state index contributed by atoms with van der Waals surface area (Å²) in [6.07, 6.45) is 0. The summed E-state index contributed by atoms with van der Waals surface area (Å²) >= 11 is 2.18.